The Morgan fingerprint density at radius 3 is 1.87 bits per heavy atom. The van der Waals surface area contributed by atoms with Crippen molar-refractivity contribution in [2.45, 2.75) is 13.1 Å². The fraction of sp³-hybridized carbons (Fsp3) is 0.182. The van der Waals surface area contributed by atoms with E-state index in [1.54, 1.807) is 6.92 Å². The fourth-order valence-corrected chi connectivity index (χ4v) is 1.07. The SMILES string of the molecule is C=C(C)c1ccc(C(=O)C(F)(F)F)cc1. The summed E-state index contributed by atoms with van der Waals surface area (Å²) in [5.74, 6) is -1.82. The number of ketones is 1. The standard InChI is InChI=1S/C11H9F3O/c1-7(2)8-3-5-9(6-4-8)10(15)11(12,13)14/h3-6H,1H2,2H3. The van der Waals surface area contributed by atoms with Crippen molar-refractivity contribution < 1.29 is 18.0 Å². The number of halogens is 3. The van der Waals surface area contributed by atoms with Crippen LogP contribution in [0.4, 0.5) is 13.2 Å². The zero-order valence-electron chi connectivity index (χ0n) is 8.06. The van der Waals surface area contributed by atoms with E-state index in [0.29, 0.717) is 5.56 Å². The van der Waals surface area contributed by atoms with E-state index in [1.807, 2.05) is 0 Å². The first-order chi connectivity index (χ1) is 6.82. The molecule has 0 N–H and O–H groups in total. The normalized spacial score (nSPS) is 11.2. The molecule has 80 valence electrons. The molecule has 0 aliphatic rings. The maximum Gasteiger partial charge on any atom is 0.454 e. The first-order valence-corrected chi connectivity index (χ1v) is 4.20. The molecule has 0 atom stereocenters. The van der Waals surface area contributed by atoms with E-state index >= 15 is 0 Å². The molecule has 1 aromatic rings. The number of alkyl halides is 3. The first-order valence-electron chi connectivity index (χ1n) is 4.20. The van der Waals surface area contributed by atoms with Crippen molar-refractivity contribution in [3.8, 4) is 0 Å². The molecule has 0 unspecified atom stereocenters. The average molecular weight is 214 g/mol. The van der Waals surface area contributed by atoms with Gasteiger partial charge in [-0.2, -0.15) is 13.2 Å². The van der Waals surface area contributed by atoms with Gasteiger partial charge in [-0.1, -0.05) is 36.4 Å². The maximum atomic E-state index is 12.0. The number of carbonyl (C=O) groups excluding carboxylic acids is 1. The quantitative estimate of drug-likeness (QED) is 0.689. The Balaban J connectivity index is 3.00. The second-order valence-corrected chi connectivity index (χ2v) is 3.18. The second-order valence-electron chi connectivity index (χ2n) is 3.18. The van der Waals surface area contributed by atoms with Crippen molar-refractivity contribution in [1.29, 1.82) is 0 Å². The van der Waals surface area contributed by atoms with Gasteiger partial charge in [0.25, 0.3) is 5.78 Å². The third-order valence-electron chi connectivity index (χ3n) is 1.90. The zero-order valence-corrected chi connectivity index (χ0v) is 8.06. The van der Waals surface area contributed by atoms with Crippen molar-refractivity contribution in [3.63, 3.8) is 0 Å². The van der Waals surface area contributed by atoms with Crippen molar-refractivity contribution >= 4 is 11.4 Å². The van der Waals surface area contributed by atoms with Crippen LogP contribution in [0.2, 0.25) is 0 Å². The van der Waals surface area contributed by atoms with E-state index in [0.717, 1.165) is 17.7 Å². The number of Topliss-reactive ketones (excluding diaryl/α,β-unsaturated/α-hetero) is 1. The van der Waals surface area contributed by atoms with Crippen molar-refractivity contribution in [2.75, 3.05) is 0 Å². The predicted molar refractivity (Wildman–Crippen MR) is 51.5 cm³/mol. The lowest BCUT2D eigenvalue weighted by molar-refractivity contribution is -0.0885. The van der Waals surface area contributed by atoms with E-state index in [-0.39, 0.29) is 5.56 Å². The predicted octanol–water partition coefficient (Wildman–Crippen LogP) is 3.46. The van der Waals surface area contributed by atoms with Gasteiger partial charge >= 0.3 is 6.18 Å². The van der Waals surface area contributed by atoms with Crippen LogP contribution in [0.25, 0.3) is 5.57 Å². The van der Waals surface area contributed by atoms with Crippen LogP contribution in [0.1, 0.15) is 22.8 Å². The van der Waals surface area contributed by atoms with Crippen LogP contribution in [-0.2, 0) is 0 Å². The van der Waals surface area contributed by atoms with Gasteiger partial charge in [0.05, 0.1) is 0 Å². The Labute approximate surface area is 85.2 Å². The molecule has 0 radical (unpaired) electrons. The Morgan fingerprint density at radius 1 is 1.13 bits per heavy atom. The number of carbonyl (C=O) groups is 1. The van der Waals surface area contributed by atoms with E-state index in [2.05, 4.69) is 6.58 Å². The second kappa shape index (κ2) is 3.88. The summed E-state index contributed by atoms with van der Waals surface area (Å²) in [4.78, 5) is 10.8. The Kier molecular flexibility index (Phi) is 2.98. The summed E-state index contributed by atoms with van der Waals surface area (Å²) in [5, 5.41) is 0. The molecule has 0 spiro atoms. The fourth-order valence-electron chi connectivity index (χ4n) is 1.07. The molecule has 0 aliphatic carbocycles. The molecule has 0 aromatic heterocycles. The van der Waals surface area contributed by atoms with Gasteiger partial charge in [-0.25, -0.2) is 0 Å². The van der Waals surface area contributed by atoms with Gasteiger partial charge in [0.1, 0.15) is 0 Å². The van der Waals surface area contributed by atoms with E-state index in [1.165, 1.54) is 12.1 Å². The van der Waals surface area contributed by atoms with Crippen molar-refractivity contribution in [3.05, 3.63) is 42.0 Å². The average Bonchev–Trinajstić information content (AvgIpc) is 2.15. The Morgan fingerprint density at radius 2 is 1.53 bits per heavy atom. The van der Waals surface area contributed by atoms with Gasteiger partial charge in [0.15, 0.2) is 0 Å². The molecular formula is C11H9F3O. The monoisotopic (exact) mass is 214 g/mol. The molecule has 1 nitrogen and oxygen atoms in total. The lowest BCUT2D eigenvalue weighted by Crippen LogP contribution is -2.22. The number of benzene rings is 1. The minimum atomic E-state index is -4.81. The summed E-state index contributed by atoms with van der Waals surface area (Å²) in [6.45, 7) is 5.38. The summed E-state index contributed by atoms with van der Waals surface area (Å²) < 4.78 is 36.1. The maximum absolute atomic E-state index is 12.0. The molecule has 0 fully saturated rings. The highest BCUT2D eigenvalue weighted by atomic mass is 19.4. The zero-order chi connectivity index (χ0) is 11.6. The minimum Gasteiger partial charge on any atom is -0.284 e. The molecule has 0 saturated heterocycles. The summed E-state index contributed by atoms with van der Waals surface area (Å²) in [7, 11) is 0. The summed E-state index contributed by atoms with van der Waals surface area (Å²) in [5.41, 5.74) is 1.10. The molecule has 0 aliphatic heterocycles. The molecule has 1 aromatic carbocycles. The molecule has 15 heavy (non-hydrogen) atoms. The molecule has 0 bridgehead atoms. The van der Waals surface area contributed by atoms with Crippen LogP contribution in [0, 0.1) is 0 Å². The highest BCUT2D eigenvalue weighted by molar-refractivity contribution is 6.00. The minimum absolute atomic E-state index is 0.354. The van der Waals surface area contributed by atoms with Gasteiger partial charge in [-0.3, -0.25) is 4.79 Å². The highest BCUT2D eigenvalue weighted by Crippen LogP contribution is 2.22. The van der Waals surface area contributed by atoms with Crippen LogP contribution in [0.5, 0.6) is 0 Å². The molecule has 0 saturated carbocycles. The van der Waals surface area contributed by atoms with Crippen LogP contribution < -0.4 is 0 Å². The van der Waals surface area contributed by atoms with Gasteiger partial charge in [0.2, 0.25) is 0 Å². The summed E-state index contributed by atoms with van der Waals surface area (Å²) >= 11 is 0. The molecule has 4 heteroatoms. The Hall–Kier alpha value is -1.58. The van der Waals surface area contributed by atoms with Crippen LogP contribution in [-0.4, -0.2) is 12.0 Å². The van der Waals surface area contributed by atoms with Crippen LogP contribution in [0.15, 0.2) is 30.8 Å². The van der Waals surface area contributed by atoms with E-state index in [4.69, 9.17) is 0 Å². The number of rotatable bonds is 2. The largest absolute Gasteiger partial charge is 0.454 e. The van der Waals surface area contributed by atoms with Crippen molar-refractivity contribution in [1.82, 2.24) is 0 Å². The molecular weight excluding hydrogens is 205 g/mol. The molecule has 0 amide bonds. The third kappa shape index (κ3) is 2.68. The number of hydrogen-bond acceptors (Lipinski definition) is 1. The summed E-state index contributed by atoms with van der Waals surface area (Å²) in [6, 6.07) is 5.20. The Bertz CT molecular complexity index is 387. The van der Waals surface area contributed by atoms with Gasteiger partial charge in [-0.15, -0.1) is 0 Å². The highest BCUT2D eigenvalue weighted by Gasteiger charge is 2.39. The van der Waals surface area contributed by atoms with Crippen LogP contribution in [0.3, 0.4) is 0 Å². The number of hydrogen-bond donors (Lipinski definition) is 0. The van der Waals surface area contributed by atoms with Gasteiger partial charge < -0.3 is 0 Å². The topological polar surface area (TPSA) is 17.1 Å². The lowest BCUT2D eigenvalue weighted by atomic mass is 10.0. The molecule has 1 rings (SSSR count). The number of allylic oxidation sites excluding steroid dienone is 1. The van der Waals surface area contributed by atoms with Crippen molar-refractivity contribution in [2.24, 2.45) is 0 Å². The van der Waals surface area contributed by atoms with Gasteiger partial charge in [-0.05, 0) is 12.5 Å². The lowest BCUT2D eigenvalue weighted by Gasteiger charge is -2.05. The smallest absolute Gasteiger partial charge is 0.284 e. The van der Waals surface area contributed by atoms with E-state index in [9.17, 15) is 18.0 Å². The first kappa shape index (κ1) is 11.5. The third-order valence-corrected chi connectivity index (χ3v) is 1.90. The van der Waals surface area contributed by atoms with E-state index < -0.39 is 12.0 Å². The van der Waals surface area contributed by atoms with Gasteiger partial charge in [0, 0.05) is 5.56 Å². The van der Waals surface area contributed by atoms with Crippen LogP contribution >= 0.6 is 0 Å². The molecule has 0 heterocycles. The summed E-state index contributed by atoms with van der Waals surface area (Å²) in [6.07, 6.45) is -4.81.